The van der Waals surface area contributed by atoms with E-state index in [9.17, 15) is 4.79 Å². The minimum atomic E-state index is -0.541. The summed E-state index contributed by atoms with van der Waals surface area (Å²) in [7, 11) is 0. The van der Waals surface area contributed by atoms with Crippen molar-refractivity contribution in [3.8, 4) is 17.1 Å². The van der Waals surface area contributed by atoms with Crippen LogP contribution < -0.4 is 10.1 Å². The Morgan fingerprint density at radius 1 is 1.12 bits per heavy atom. The van der Waals surface area contributed by atoms with Crippen molar-refractivity contribution in [3.63, 3.8) is 0 Å². The quantitative estimate of drug-likeness (QED) is 0.801. The second-order valence-corrected chi connectivity index (χ2v) is 5.75. The van der Waals surface area contributed by atoms with Crippen LogP contribution in [0.5, 0.6) is 5.75 Å². The van der Waals surface area contributed by atoms with E-state index >= 15 is 0 Å². The Kier molecular flexibility index (Phi) is 3.54. The average Bonchev–Trinajstić information content (AvgIpc) is 3.20. The molecule has 0 radical (unpaired) electrons. The first kappa shape index (κ1) is 14.5. The number of amides is 1. The van der Waals surface area contributed by atoms with Gasteiger partial charge < -0.3 is 14.6 Å². The van der Waals surface area contributed by atoms with Crippen LogP contribution in [-0.2, 0) is 11.2 Å². The molecule has 5 heteroatoms. The monoisotopic (exact) mass is 320 g/mol. The molecule has 0 aliphatic carbocycles. The number of rotatable bonds is 3. The molecular formula is C19H16N2O3. The summed E-state index contributed by atoms with van der Waals surface area (Å²) in [5.41, 5.74) is 3.13. The van der Waals surface area contributed by atoms with Gasteiger partial charge in [0.25, 0.3) is 5.91 Å². The van der Waals surface area contributed by atoms with Gasteiger partial charge in [-0.05, 0) is 18.6 Å². The predicted octanol–water partition coefficient (Wildman–Crippen LogP) is 3.59. The minimum Gasteiger partial charge on any atom is -0.480 e. The molecule has 0 unspecified atom stereocenters. The molecule has 0 saturated carbocycles. The van der Waals surface area contributed by atoms with Gasteiger partial charge in [0, 0.05) is 12.0 Å². The molecule has 24 heavy (non-hydrogen) atoms. The normalized spacial score (nSPS) is 15.6. The van der Waals surface area contributed by atoms with Crippen LogP contribution in [0.15, 0.2) is 59.1 Å². The van der Waals surface area contributed by atoms with Gasteiger partial charge in [0.2, 0.25) is 0 Å². The molecule has 4 rings (SSSR count). The topological polar surface area (TPSA) is 64.4 Å². The summed E-state index contributed by atoms with van der Waals surface area (Å²) in [4.78, 5) is 12.6. The number of para-hydroxylation sites is 1. The van der Waals surface area contributed by atoms with Crippen molar-refractivity contribution in [3.05, 3.63) is 65.9 Å². The molecule has 1 aromatic heterocycles. The summed E-state index contributed by atoms with van der Waals surface area (Å²) in [6, 6.07) is 17.3. The maximum Gasteiger partial charge on any atom is 0.265 e. The first-order valence-electron chi connectivity index (χ1n) is 7.79. The van der Waals surface area contributed by atoms with Crippen molar-refractivity contribution < 1.29 is 14.1 Å². The zero-order chi connectivity index (χ0) is 16.5. The largest absolute Gasteiger partial charge is 0.480 e. The van der Waals surface area contributed by atoms with Crippen molar-refractivity contribution in [1.29, 1.82) is 0 Å². The summed E-state index contributed by atoms with van der Waals surface area (Å²) in [5, 5.41) is 6.90. The highest BCUT2D eigenvalue weighted by molar-refractivity contribution is 5.98. The number of anilines is 1. The van der Waals surface area contributed by atoms with E-state index in [1.807, 2.05) is 54.6 Å². The van der Waals surface area contributed by atoms with E-state index in [0.29, 0.717) is 23.6 Å². The molecule has 1 N–H and O–H groups in total. The SMILES string of the molecule is Cc1noc(-c2ccccc2)c1NC(=O)[C@H]1Cc2ccccc2O1. The number of fused-ring (bicyclic) bond motifs is 1. The van der Waals surface area contributed by atoms with Gasteiger partial charge in [-0.1, -0.05) is 53.7 Å². The molecule has 2 aromatic carbocycles. The molecule has 5 nitrogen and oxygen atoms in total. The lowest BCUT2D eigenvalue weighted by molar-refractivity contribution is -0.122. The third-order valence-corrected chi connectivity index (χ3v) is 4.09. The van der Waals surface area contributed by atoms with E-state index in [4.69, 9.17) is 9.26 Å². The van der Waals surface area contributed by atoms with E-state index in [0.717, 1.165) is 16.9 Å². The third-order valence-electron chi connectivity index (χ3n) is 4.09. The van der Waals surface area contributed by atoms with Gasteiger partial charge in [0.1, 0.15) is 17.1 Å². The zero-order valence-electron chi connectivity index (χ0n) is 13.2. The van der Waals surface area contributed by atoms with Crippen LogP contribution >= 0.6 is 0 Å². The Bertz CT molecular complexity index is 862. The van der Waals surface area contributed by atoms with Gasteiger partial charge in [-0.3, -0.25) is 4.79 Å². The van der Waals surface area contributed by atoms with Gasteiger partial charge in [0.05, 0.1) is 0 Å². The Balaban J connectivity index is 1.57. The highest BCUT2D eigenvalue weighted by Crippen LogP contribution is 2.32. The van der Waals surface area contributed by atoms with E-state index in [2.05, 4.69) is 10.5 Å². The van der Waals surface area contributed by atoms with Crippen LogP contribution in [0.2, 0.25) is 0 Å². The smallest absolute Gasteiger partial charge is 0.265 e. The summed E-state index contributed by atoms with van der Waals surface area (Å²) >= 11 is 0. The molecule has 1 aliphatic heterocycles. The standard InChI is InChI=1S/C19H16N2O3/c1-12-17(18(24-21-12)13-7-3-2-4-8-13)20-19(22)16-11-14-9-5-6-10-15(14)23-16/h2-10,16H,11H2,1H3,(H,20,22)/t16-/m1/s1. The Hall–Kier alpha value is -3.08. The first-order valence-corrected chi connectivity index (χ1v) is 7.79. The minimum absolute atomic E-state index is 0.199. The van der Waals surface area contributed by atoms with E-state index in [1.165, 1.54) is 0 Å². The molecule has 3 aromatic rings. The first-order chi connectivity index (χ1) is 11.7. The van der Waals surface area contributed by atoms with Crippen molar-refractivity contribution in [2.75, 3.05) is 5.32 Å². The second kappa shape index (κ2) is 5.85. The van der Waals surface area contributed by atoms with Gasteiger partial charge in [-0.25, -0.2) is 0 Å². The number of hydrogen-bond donors (Lipinski definition) is 1. The molecule has 0 fully saturated rings. The fourth-order valence-electron chi connectivity index (χ4n) is 2.84. The van der Waals surface area contributed by atoms with Crippen LogP contribution in [0.1, 0.15) is 11.3 Å². The summed E-state index contributed by atoms with van der Waals surface area (Å²) in [6.45, 7) is 1.80. The lowest BCUT2D eigenvalue weighted by atomic mass is 10.1. The maximum absolute atomic E-state index is 12.6. The number of hydrogen-bond acceptors (Lipinski definition) is 4. The van der Waals surface area contributed by atoms with Gasteiger partial charge in [0.15, 0.2) is 11.9 Å². The predicted molar refractivity (Wildman–Crippen MR) is 89.9 cm³/mol. The Morgan fingerprint density at radius 3 is 2.67 bits per heavy atom. The van der Waals surface area contributed by atoms with E-state index in [-0.39, 0.29) is 5.91 Å². The lowest BCUT2D eigenvalue weighted by Crippen LogP contribution is -2.31. The molecular weight excluding hydrogens is 304 g/mol. The Labute approximate surface area is 139 Å². The van der Waals surface area contributed by atoms with Crippen LogP contribution in [0, 0.1) is 6.92 Å². The number of nitrogens with one attached hydrogen (secondary N) is 1. The summed E-state index contributed by atoms with van der Waals surface area (Å²) in [5.74, 6) is 1.12. The van der Waals surface area contributed by atoms with E-state index < -0.39 is 6.10 Å². The molecule has 1 aliphatic rings. The lowest BCUT2D eigenvalue weighted by Gasteiger charge is -2.11. The van der Waals surface area contributed by atoms with E-state index in [1.54, 1.807) is 6.92 Å². The summed E-state index contributed by atoms with van der Waals surface area (Å²) in [6.07, 6.45) is 0.0211. The molecule has 0 saturated heterocycles. The molecule has 2 heterocycles. The van der Waals surface area contributed by atoms with Crippen LogP contribution in [-0.4, -0.2) is 17.2 Å². The highest BCUT2D eigenvalue weighted by Gasteiger charge is 2.30. The second-order valence-electron chi connectivity index (χ2n) is 5.75. The summed E-state index contributed by atoms with van der Waals surface area (Å²) < 4.78 is 11.1. The van der Waals surface area contributed by atoms with Crippen LogP contribution in [0.3, 0.4) is 0 Å². The van der Waals surface area contributed by atoms with Crippen LogP contribution in [0.25, 0.3) is 11.3 Å². The Morgan fingerprint density at radius 2 is 1.88 bits per heavy atom. The van der Waals surface area contributed by atoms with Gasteiger partial charge in [-0.15, -0.1) is 0 Å². The molecule has 0 bridgehead atoms. The number of nitrogens with zero attached hydrogens (tertiary/aromatic N) is 1. The van der Waals surface area contributed by atoms with Crippen molar-refractivity contribution in [2.24, 2.45) is 0 Å². The van der Waals surface area contributed by atoms with Crippen molar-refractivity contribution >= 4 is 11.6 Å². The number of benzene rings is 2. The van der Waals surface area contributed by atoms with Gasteiger partial charge >= 0.3 is 0 Å². The fraction of sp³-hybridized carbons (Fsp3) is 0.158. The zero-order valence-corrected chi connectivity index (χ0v) is 13.2. The molecule has 120 valence electrons. The number of carbonyl (C=O) groups is 1. The average molecular weight is 320 g/mol. The third kappa shape index (κ3) is 2.54. The van der Waals surface area contributed by atoms with Gasteiger partial charge in [-0.2, -0.15) is 0 Å². The maximum atomic E-state index is 12.6. The number of ether oxygens (including phenoxy) is 1. The highest BCUT2D eigenvalue weighted by atomic mass is 16.5. The van der Waals surface area contributed by atoms with Crippen LogP contribution in [0.4, 0.5) is 5.69 Å². The molecule has 1 amide bonds. The number of aromatic nitrogens is 1. The number of aryl methyl sites for hydroxylation is 1. The number of carbonyl (C=O) groups excluding carboxylic acids is 1. The fourth-order valence-corrected chi connectivity index (χ4v) is 2.84. The molecule has 0 spiro atoms. The molecule has 1 atom stereocenters. The van der Waals surface area contributed by atoms with Crippen molar-refractivity contribution in [2.45, 2.75) is 19.4 Å². The van der Waals surface area contributed by atoms with Crippen molar-refractivity contribution in [1.82, 2.24) is 5.16 Å².